The first-order valence-corrected chi connectivity index (χ1v) is 8.56. The van der Waals surface area contributed by atoms with Crippen LogP contribution in [0.5, 0.6) is 5.75 Å². The minimum Gasteiger partial charge on any atom is -0.497 e. The van der Waals surface area contributed by atoms with E-state index in [-0.39, 0.29) is 0 Å². The number of fused-ring (bicyclic) bond motifs is 1. The van der Waals surface area contributed by atoms with Crippen molar-refractivity contribution in [1.29, 1.82) is 0 Å². The Morgan fingerprint density at radius 2 is 2.14 bits per heavy atom. The second kappa shape index (κ2) is 5.58. The van der Waals surface area contributed by atoms with Crippen LogP contribution in [-0.4, -0.2) is 33.4 Å². The first-order chi connectivity index (χ1) is 10.8. The van der Waals surface area contributed by atoms with E-state index in [0.717, 1.165) is 33.8 Å². The van der Waals surface area contributed by atoms with Crippen molar-refractivity contribution < 1.29 is 4.74 Å². The topological polar surface area (TPSA) is 52.3 Å². The van der Waals surface area contributed by atoms with E-state index in [4.69, 9.17) is 9.84 Å². The molecule has 1 aromatic carbocycles. The van der Waals surface area contributed by atoms with Crippen molar-refractivity contribution >= 4 is 28.8 Å². The summed E-state index contributed by atoms with van der Waals surface area (Å²) in [5.41, 5.74) is 1.99. The summed E-state index contributed by atoms with van der Waals surface area (Å²) in [5, 5.41) is 16.1. The van der Waals surface area contributed by atoms with Crippen LogP contribution in [-0.2, 0) is 0 Å². The Morgan fingerprint density at radius 3 is 2.95 bits per heavy atom. The second-order valence-corrected chi connectivity index (χ2v) is 6.55. The SMILES string of the molecule is COc1cccc(-c2nnc3n2N=C(c2cccs2)CS3)c1. The van der Waals surface area contributed by atoms with Crippen LogP contribution >= 0.6 is 23.1 Å². The lowest BCUT2D eigenvalue weighted by Gasteiger charge is -2.12. The minimum absolute atomic E-state index is 0.732. The van der Waals surface area contributed by atoms with E-state index in [1.807, 2.05) is 35.0 Å². The maximum atomic E-state index is 5.28. The van der Waals surface area contributed by atoms with Crippen LogP contribution in [0.4, 0.5) is 0 Å². The van der Waals surface area contributed by atoms with Crippen LogP contribution in [0.15, 0.2) is 52.0 Å². The van der Waals surface area contributed by atoms with Crippen LogP contribution < -0.4 is 4.74 Å². The quantitative estimate of drug-likeness (QED) is 0.740. The molecule has 3 heterocycles. The Labute approximate surface area is 135 Å². The molecule has 0 N–H and O–H groups in total. The van der Waals surface area contributed by atoms with Gasteiger partial charge >= 0.3 is 0 Å². The number of methoxy groups -OCH3 is 1. The molecule has 4 rings (SSSR count). The normalized spacial score (nSPS) is 13.6. The van der Waals surface area contributed by atoms with Crippen molar-refractivity contribution in [2.45, 2.75) is 5.16 Å². The van der Waals surface area contributed by atoms with Crippen molar-refractivity contribution in [3.05, 3.63) is 46.7 Å². The van der Waals surface area contributed by atoms with E-state index in [2.05, 4.69) is 21.6 Å². The average Bonchev–Trinajstić information content (AvgIpc) is 3.23. The van der Waals surface area contributed by atoms with Crippen LogP contribution in [0.1, 0.15) is 4.88 Å². The maximum absolute atomic E-state index is 5.28. The van der Waals surface area contributed by atoms with Crippen LogP contribution in [0.25, 0.3) is 11.4 Å². The number of hydrogen-bond donors (Lipinski definition) is 0. The molecule has 110 valence electrons. The Morgan fingerprint density at radius 1 is 1.18 bits per heavy atom. The molecule has 1 aliphatic heterocycles. The van der Waals surface area contributed by atoms with Crippen molar-refractivity contribution in [3.8, 4) is 17.1 Å². The molecule has 0 fully saturated rings. The zero-order valence-corrected chi connectivity index (χ0v) is 13.4. The third-order valence-electron chi connectivity index (χ3n) is 3.30. The predicted molar refractivity (Wildman–Crippen MR) is 89.0 cm³/mol. The lowest BCUT2D eigenvalue weighted by atomic mass is 10.2. The molecule has 0 atom stereocenters. The molecule has 0 amide bonds. The number of hydrogen-bond acceptors (Lipinski definition) is 6. The predicted octanol–water partition coefficient (Wildman–Crippen LogP) is 3.37. The van der Waals surface area contributed by atoms with Gasteiger partial charge in [0, 0.05) is 11.3 Å². The van der Waals surface area contributed by atoms with E-state index in [1.165, 1.54) is 4.88 Å². The third-order valence-corrected chi connectivity index (χ3v) is 5.15. The summed E-state index contributed by atoms with van der Waals surface area (Å²) in [5.74, 6) is 2.34. The van der Waals surface area contributed by atoms with Gasteiger partial charge in [-0.3, -0.25) is 0 Å². The molecular formula is C15H12N4OS2. The monoisotopic (exact) mass is 328 g/mol. The van der Waals surface area contributed by atoms with Crippen LogP contribution in [0.3, 0.4) is 0 Å². The fourth-order valence-electron chi connectivity index (χ4n) is 2.23. The number of benzene rings is 1. The molecule has 0 saturated carbocycles. The van der Waals surface area contributed by atoms with Gasteiger partial charge in [0.15, 0.2) is 5.82 Å². The summed E-state index contributed by atoms with van der Waals surface area (Å²) in [6.07, 6.45) is 0. The van der Waals surface area contributed by atoms with E-state index in [1.54, 1.807) is 30.2 Å². The van der Waals surface area contributed by atoms with Gasteiger partial charge in [-0.1, -0.05) is 30.0 Å². The molecule has 5 nitrogen and oxygen atoms in total. The first-order valence-electron chi connectivity index (χ1n) is 6.69. The highest BCUT2D eigenvalue weighted by Crippen LogP contribution is 2.30. The van der Waals surface area contributed by atoms with Crippen LogP contribution in [0.2, 0.25) is 0 Å². The number of rotatable bonds is 3. The summed E-state index contributed by atoms with van der Waals surface area (Å²) < 4.78 is 7.10. The van der Waals surface area contributed by atoms with Gasteiger partial charge in [-0.25, -0.2) is 0 Å². The zero-order chi connectivity index (χ0) is 14.9. The van der Waals surface area contributed by atoms with Crippen molar-refractivity contribution in [3.63, 3.8) is 0 Å². The largest absolute Gasteiger partial charge is 0.497 e. The maximum Gasteiger partial charge on any atom is 0.212 e. The van der Waals surface area contributed by atoms with Crippen molar-refractivity contribution in [1.82, 2.24) is 14.9 Å². The molecule has 7 heteroatoms. The number of thioether (sulfide) groups is 1. The fraction of sp³-hybridized carbons (Fsp3) is 0.133. The third kappa shape index (κ3) is 2.32. The van der Waals surface area contributed by atoms with Crippen molar-refractivity contribution in [2.75, 3.05) is 12.9 Å². The molecule has 0 saturated heterocycles. The van der Waals surface area contributed by atoms with Gasteiger partial charge in [0.2, 0.25) is 5.16 Å². The lowest BCUT2D eigenvalue weighted by molar-refractivity contribution is 0.415. The zero-order valence-electron chi connectivity index (χ0n) is 11.8. The molecule has 0 bridgehead atoms. The fourth-order valence-corrected chi connectivity index (χ4v) is 3.86. The van der Waals surface area contributed by atoms with E-state index >= 15 is 0 Å². The standard InChI is InChI=1S/C15H12N4OS2/c1-20-11-5-2-4-10(8-11)14-16-17-15-19(14)18-12(9-22-15)13-6-3-7-21-13/h2-8H,9H2,1H3. The summed E-state index contributed by atoms with van der Waals surface area (Å²) >= 11 is 3.35. The number of ether oxygens (including phenoxy) is 1. The van der Waals surface area contributed by atoms with Crippen LogP contribution in [0, 0.1) is 0 Å². The van der Waals surface area contributed by atoms with Gasteiger partial charge in [0.25, 0.3) is 0 Å². The molecule has 22 heavy (non-hydrogen) atoms. The van der Waals surface area contributed by atoms with Gasteiger partial charge in [-0.15, -0.1) is 21.5 Å². The summed E-state index contributed by atoms with van der Waals surface area (Å²) in [4.78, 5) is 1.18. The molecule has 0 spiro atoms. The van der Waals surface area contributed by atoms with E-state index in [0.29, 0.717) is 0 Å². The van der Waals surface area contributed by atoms with Gasteiger partial charge in [-0.05, 0) is 23.6 Å². The Bertz CT molecular complexity index is 839. The molecule has 0 aliphatic carbocycles. The Hall–Kier alpha value is -2.12. The van der Waals surface area contributed by atoms with Gasteiger partial charge in [0.05, 0.1) is 17.7 Å². The van der Waals surface area contributed by atoms with E-state index < -0.39 is 0 Å². The highest BCUT2D eigenvalue weighted by Gasteiger charge is 2.21. The molecule has 2 aromatic heterocycles. The lowest BCUT2D eigenvalue weighted by Crippen LogP contribution is -2.12. The molecule has 0 unspecified atom stereocenters. The van der Waals surface area contributed by atoms with Gasteiger partial charge in [-0.2, -0.15) is 9.78 Å². The second-order valence-electron chi connectivity index (χ2n) is 4.66. The summed E-state index contributed by atoms with van der Waals surface area (Å²) in [7, 11) is 1.65. The molecule has 3 aromatic rings. The smallest absolute Gasteiger partial charge is 0.212 e. The minimum atomic E-state index is 0.732. The Kier molecular flexibility index (Phi) is 3.44. The summed E-state index contributed by atoms with van der Waals surface area (Å²) in [6, 6.07) is 11.9. The number of aromatic nitrogens is 3. The summed E-state index contributed by atoms with van der Waals surface area (Å²) in [6.45, 7) is 0. The Balaban J connectivity index is 1.80. The van der Waals surface area contributed by atoms with Gasteiger partial charge < -0.3 is 4.74 Å². The van der Waals surface area contributed by atoms with Crippen molar-refractivity contribution in [2.24, 2.45) is 5.10 Å². The number of thiophene rings is 1. The van der Waals surface area contributed by atoms with Gasteiger partial charge in [0.1, 0.15) is 5.75 Å². The number of nitrogens with zero attached hydrogens (tertiary/aromatic N) is 4. The highest BCUT2D eigenvalue weighted by atomic mass is 32.2. The van der Waals surface area contributed by atoms with E-state index in [9.17, 15) is 0 Å². The average molecular weight is 328 g/mol. The molecule has 0 radical (unpaired) electrons. The molecular weight excluding hydrogens is 316 g/mol. The highest BCUT2D eigenvalue weighted by molar-refractivity contribution is 7.99. The first kappa shape index (κ1) is 13.5. The molecule has 1 aliphatic rings.